The molecule has 0 fully saturated rings. The highest BCUT2D eigenvalue weighted by Crippen LogP contribution is 2.29. The van der Waals surface area contributed by atoms with E-state index in [0.717, 1.165) is 11.3 Å². The van der Waals surface area contributed by atoms with Gasteiger partial charge in [-0.15, -0.1) is 0 Å². The molecule has 0 aromatic heterocycles. The van der Waals surface area contributed by atoms with Crippen molar-refractivity contribution in [3.63, 3.8) is 0 Å². The summed E-state index contributed by atoms with van der Waals surface area (Å²) in [5.74, 6) is -0.212. The molecule has 0 aliphatic carbocycles. The van der Waals surface area contributed by atoms with E-state index in [2.05, 4.69) is 5.32 Å². The van der Waals surface area contributed by atoms with Crippen molar-refractivity contribution >= 4 is 23.6 Å². The molecule has 0 saturated carbocycles. The minimum atomic E-state index is -0.689. The van der Waals surface area contributed by atoms with Crippen LogP contribution in [0.15, 0.2) is 48.0 Å². The van der Waals surface area contributed by atoms with Gasteiger partial charge in [0.25, 0.3) is 5.91 Å². The van der Waals surface area contributed by atoms with Crippen molar-refractivity contribution in [1.29, 1.82) is 5.26 Å². The molecule has 30 heavy (non-hydrogen) atoms. The van der Waals surface area contributed by atoms with Gasteiger partial charge in [0.15, 0.2) is 18.1 Å². The van der Waals surface area contributed by atoms with Crippen LogP contribution in [0.25, 0.3) is 6.08 Å². The van der Waals surface area contributed by atoms with Crippen LogP contribution in [-0.2, 0) is 14.3 Å². The predicted octanol–water partition coefficient (Wildman–Crippen LogP) is 3.88. The molecule has 1 amide bonds. The molecule has 2 aromatic rings. The third-order valence-corrected chi connectivity index (χ3v) is 3.97. The molecule has 0 aliphatic rings. The number of hydrogen-bond donors (Lipinski definition) is 1. The molecule has 0 aliphatic heterocycles. The highest BCUT2D eigenvalue weighted by Gasteiger charge is 2.13. The van der Waals surface area contributed by atoms with Gasteiger partial charge in [-0.25, -0.2) is 4.79 Å². The Balaban J connectivity index is 2.13. The van der Waals surface area contributed by atoms with Crippen LogP contribution in [0.4, 0.5) is 5.69 Å². The van der Waals surface area contributed by atoms with Gasteiger partial charge < -0.3 is 19.5 Å². The second-order valence-corrected chi connectivity index (χ2v) is 6.18. The number of ether oxygens (including phenoxy) is 3. The number of hydrogen-bond acceptors (Lipinski definition) is 6. The van der Waals surface area contributed by atoms with Gasteiger partial charge >= 0.3 is 5.97 Å². The van der Waals surface area contributed by atoms with E-state index in [-0.39, 0.29) is 24.7 Å². The zero-order valence-corrected chi connectivity index (χ0v) is 17.2. The van der Waals surface area contributed by atoms with Gasteiger partial charge in [0.2, 0.25) is 0 Å². The average molecular weight is 408 g/mol. The van der Waals surface area contributed by atoms with Crippen molar-refractivity contribution in [1.82, 2.24) is 0 Å². The van der Waals surface area contributed by atoms with Crippen LogP contribution in [0, 0.1) is 18.3 Å². The number of esters is 1. The number of nitrogens with one attached hydrogen (secondary N) is 1. The van der Waals surface area contributed by atoms with Crippen LogP contribution in [-0.4, -0.2) is 31.7 Å². The Morgan fingerprint density at radius 2 is 1.83 bits per heavy atom. The van der Waals surface area contributed by atoms with Gasteiger partial charge in [-0.2, -0.15) is 5.26 Å². The van der Waals surface area contributed by atoms with E-state index in [1.54, 1.807) is 25.1 Å². The summed E-state index contributed by atoms with van der Waals surface area (Å²) in [6.45, 7) is 5.75. The zero-order valence-electron chi connectivity index (χ0n) is 17.2. The number of carbonyl (C=O) groups is 2. The van der Waals surface area contributed by atoms with Gasteiger partial charge in [-0.3, -0.25) is 4.79 Å². The number of benzene rings is 2. The number of anilines is 1. The molecule has 0 saturated heterocycles. The lowest BCUT2D eigenvalue weighted by Gasteiger charge is -2.13. The van der Waals surface area contributed by atoms with E-state index in [9.17, 15) is 14.9 Å². The topological polar surface area (TPSA) is 97.7 Å². The smallest absolute Gasteiger partial charge is 0.348 e. The molecule has 2 rings (SSSR count). The summed E-state index contributed by atoms with van der Waals surface area (Å²) in [4.78, 5) is 24.0. The molecule has 1 N–H and O–H groups in total. The Morgan fingerprint density at radius 1 is 1.07 bits per heavy atom. The van der Waals surface area contributed by atoms with Crippen molar-refractivity contribution < 1.29 is 23.8 Å². The Hall–Kier alpha value is -3.79. The molecule has 0 unspecified atom stereocenters. The molecule has 2 aromatic carbocycles. The van der Waals surface area contributed by atoms with Crippen LogP contribution < -0.4 is 14.8 Å². The fourth-order valence-electron chi connectivity index (χ4n) is 2.56. The lowest BCUT2D eigenvalue weighted by atomic mass is 10.1. The van der Waals surface area contributed by atoms with Gasteiger partial charge in [-0.05, 0) is 56.2 Å². The monoisotopic (exact) mass is 408 g/mol. The van der Waals surface area contributed by atoms with E-state index in [1.165, 1.54) is 6.08 Å². The summed E-state index contributed by atoms with van der Waals surface area (Å²) in [6.07, 6.45) is 1.41. The molecule has 156 valence electrons. The van der Waals surface area contributed by atoms with Crippen molar-refractivity contribution in [2.75, 3.05) is 25.1 Å². The van der Waals surface area contributed by atoms with Crippen molar-refractivity contribution in [3.8, 4) is 17.6 Å². The summed E-state index contributed by atoms with van der Waals surface area (Å²) < 4.78 is 16.1. The third-order valence-electron chi connectivity index (χ3n) is 3.97. The molecule has 0 radical (unpaired) electrons. The Kier molecular flexibility index (Phi) is 8.45. The molecule has 7 nitrogen and oxygen atoms in total. The predicted molar refractivity (Wildman–Crippen MR) is 113 cm³/mol. The Morgan fingerprint density at radius 3 is 2.50 bits per heavy atom. The number of aryl methyl sites for hydroxylation is 1. The largest absolute Gasteiger partial charge is 0.490 e. The maximum absolute atomic E-state index is 12.2. The summed E-state index contributed by atoms with van der Waals surface area (Å²) in [7, 11) is 0. The minimum absolute atomic E-state index is 0.120. The molecule has 0 atom stereocenters. The first kappa shape index (κ1) is 22.5. The van der Waals surface area contributed by atoms with Crippen LogP contribution in [0.5, 0.6) is 11.5 Å². The number of rotatable bonds is 9. The Bertz CT molecular complexity index is 976. The van der Waals surface area contributed by atoms with Gasteiger partial charge in [0.05, 0.1) is 13.2 Å². The van der Waals surface area contributed by atoms with Gasteiger partial charge in [0, 0.05) is 5.69 Å². The van der Waals surface area contributed by atoms with Gasteiger partial charge in [0.1, 0.15) is 11.6 Å². The summed E-state index contributed by atoms with van der Waals surface area (Å²) >= 11 is 0. The second kappa shape index (κ2) is 11.3. The van der Waals surface area contributed by atoms with E-state index in [1.807, 2.05) is 44.2 Å². The van der Waals surface area contributed by atoms with Crippen LogP contribution in [0.1, 0.15) is 25.0 Å². The molecule has 0 bridgehead atoms. The number of carbonyl (C=O) groups excluding carboxylic acids is 2. The fourth-order valence-corrected chi connectivity index (χ4v) is 2.56. The van der Waals surface area contributed by atoms with E-state index in [4.69, 9.17) is 14.2 Å². The number of nitriles is 1. The van der Waals surface area contributed by atoms with Crippen LogP contribution >= 0.6 is 0 Å². The first-order chi connectivity index (χ1) is 14.5. The molecule has 0 spiro atoms. The van der Waals surface area contributed by atoms with Crippen molar-refractivity contribution in [3.05, 3.63) is 59.2 Å². The average Bonchev–Trinajstić information content (AvgIpc) is 2.73. The molecular weight excluding hydrogens is 384 g/mol. The highest BCUT2D eigenvalue weighted by atomic mass is 16.5. The quantitative estimate of drug-likeness (QED) is 0.384. The summed E-state index contributed by atoms with van der Waals surface area (Å²) in [5, 5.41) is 12.0. The number of para-hydroxylation sites is 1. The fraction of sp³-hybridized carbons (Fsp3) is 0.261. The number of amides is 1. The summed E-state index contributed by atoms with van der Waals surface area (Å²) in [5.41, 5.74) is 2.12. The SMILES string of the molecule is CCOC(=O)/C(C#N)=C\c1ccc(OCC(=O)Nc2ccccc2C)c(OCC)c1. The van der Waals surface area contributed by atoms with Gasteiger partial charge in [-0.1, -0.05) is 24.3 Å². The number of nitrogens with zero attached hydrogens (tertiary/aromatic N) is 1. The molecule has 0 heterocycles. The maximum atomic E-state index is 12.2. The first-order valence-corrected chi connectivity index (χ1v) is 9.52. The van der Waals surface area contributed by atoms with Crippen LogP contribution in [0.2, 0.25) is 0 Å². The Labute approximate surface area is 175 Å². The lowest BCUT2D eigenvalue weighted by Crippen LogP contribution is -2.20. The highest BCUT2D eigenvalue weighted by molar-refractivity contribution is 5.98. The second-order valence-electron chi connectivity index (χ2n) is 6.18. The van der Waals surface area contributed by atoms with E-state index >= 15 is 0 Å². The van der Waals surface area contributed by atoms with E-state index < -0.39 is 5.97 Å². The zero-order chi connectivity index (χ0) is 21.9. The standard InChI is InChI=1S/C23H24N2O5/c1-4-28-21-13-17(12-18(14-24)23(27)29-5-2)10-11-20(21)30-15-22(26)25-19-9-7-6-8-16(19)3/h6-13H,4-5,15H2,1-3H3,(H,25,26)/b18-12-. The normalized spacial score (nSPS) is 10.7. The van der Waals surface area contributed by atoms with Crippen molar-refractivity contribution in [2.24, 2.45) is 0 Å². The first-order valence-electron chi connectivity index (χ1n) is 9.52. The molecule has 7 heteroatoms. The van der Waals surface area contributed by atoms with Crippen molar-refractivity contribution in [2.45, 2.75) is 20.8 Å². The maximum Gasteiger partial charge on any atom is 0.348 e. The summed E-state index contributed by atoms with van der Waals surface area (Å²) in [6, 6.07) is 14.2. The third kappa shape index (κ3) is 6.38. The van der Waals surface area contributed by atoms with E-state index in [0.29, 0.717) is 23.7 Å². The molecular formula is C23H24N2O5. The minimum Gasteiger partial charge on any atom is -0.490 e. The van der Waals surface area contributed by atoms with Crippen LogP contribution in [0.3, 0.4) is 0 Å². The lowest BCUT2D eigenvalue weighted by molar-refractivity contribution is -0.137.